The van der Waals surface area contributed by atoms with E-state index in [0.29, 0.717) is 0 Å². The Labute approximate surface area is 263 Å². The molecule has 0 saturated heterocycles. The lowest BCUT2D eigenvalue weighted by atomic mass is 9.85. The van der Waals surface area contributed by atoms with Crippen LogP contribution in [-0.4, -0.2) is 0 Å². The zero-order chi connectivity index (χ0) is 30.2. The molecule has 45 heavy (non-hydrogen) atoms. The summed E-state index contributed by atoms with van der Waals surface area (Å²) in [5, 5.41) is 7.81. The Morgan fingerprint density at radius 2 is 0.911 bits per heavy atom. The summed E-state index contributed by atoms with van der Waals surface area (Å²) in [6.07, 6.45) is 4.40. The molecule has 8 aromatic rings. The molecule has 6 aromatic carbocycles. The van der Waals surface area contributed by atoms with Gasteiger partial charge in [0.05, 0.1) is 20.5 Å². The summed E-state index contributed by atoms with van der Waals surface area (Å²) < 4.78 is 4.61. The number of rotatable bonds is 1. The zero-order valence-corrected chi connectivity index (χ0v) is 25.7. The molecule has 0 saturated carbocycles. The topological polar surface area (TPSA) is 7.76 Å². The maximum Gasteiger partial charge on any atom is 0.285 e. The number of benzene rings is 6. The van der Waals surface area contributed by atoms with Crippen molar-refractivity contribution in [3.63, 3.8) is 0 Å². The van der Waals surface area contributed by atoms with Crippen LogP contribution in [0.15, 0.2) is 140 Å². The monoisotopic (exact) mass is 576 g/mol. The molecule has 2 nitrogen and oxygen atoms in total. The third-order valence-electron chi connectivity index (χ3n) is 9.51. The average Bonchev–Trinajstić information content (AvgIpc) is 3.07. The Kier molecular flexibility index (Phi) is 5.58. The molecule has 0 N–H and O–H groups in total. The second-order valence-electron chi connectivity index (χ2n) is 12.5. The van der Waals surface area contributed by atoms with E-state index in [4.69, 9.17) is 0 Å². The second-order valence-corrected chi connectivity index (χ2v) is 12.5. The van der Waals surface area contributed by atoms with Crippen LogP contribution in [0.5, 0.6) is 0 Å². The van der Waals surface area contributed by atoms with Crippen LogP contribution in [0.3, 0.4) is 0 Å². The molecule has 2 heteroatoms. The van der Waals surface area contributed by atoms with Crippen LogP contribution < -0.4 is 9.35 Å². The third kappa shape index (κ3) is 3.96. The zero-order valence-electron chi connectivity index (χ0n) is 25.7. The molecule has 1 aliphatic rings. The number of pyridine rings is 2. The van der Waals surface area contributed by atoms with Crippen molar-refractivity contribution in [3.05, 3.63) is 156 Å². The molecular weight excluding hydrogens is 544 g/mol. The van der Waals surface area contributed by atoms with Gasteiger partial charge in [0.25, 0.3) is 11.4 Å². The first-order chi connectivity index (χ1) is 22.0. The van der Waals surface area contributed by atoms with Crippen molar-refractivity contribution >= 4 is 32.3 Å². The summed E-state index contributed by atoms with van der Waals surface area (Å²) in [4.78, 5) is 0. The molecule has 0 atom stereocenters. The van der Waals surface area contributed by atoms with Gasteiger partial charge in [-0.05, 0) is 99.6 Å². The molecule has 0 fully saturated rings. The molecule has 0 bridgehead atoms. The highest BCUT2D eigenvalue weighted by molar-refractivity contribution is 6.27. The maximum atomic E-state index is 2.46. The van der Waals surface area contributed by atoms with Crippen molar-refractivity contribution in [2.75, 3.05) is 0 Å². The van der Waals surface area contributed by atoms with Gasteiger partial charge in [0.15, 0.2) is 0 Å². The first-order valence-corrected chi connectivity index (χ1v) is 15.7. The summed E-state index contributed by atoms with van der Waals surface area (Å²) in [6, 6.07) is 47.4. The number of hydrogen-bond acceptors (Lipinski definition) is 0. The lowest BCUT2D eigenvalue weighted by molar-refractivity contribution is -1.29. The van der Waals surface area contributed by atoms with E-state index in [9.17, 15) is 0 Å². The Bertz CT molecular complexity index is 2510. The standard InChI is InChI=1S/C43H32N2/c1-27-13-16-33-35(21-27)32-15-12-28(2)22-36(32)39-26-41-38(25-37(33)39)34-17-14-29(3)23-40(34)43-24-31(30-9-5-4-6-10-30)18-20-45(43)44-19-8-7-11-42(41)44/h4-26H,1-3H3/q+2. The number of nitrogens with zero attached hydrogens (tertiary/aromatic N) is 2. The highest BCUT2D eigenvalue weighted by Crippen LogP contribution is 2.44. The molecule has 9 rings (SSSR count). The fourth-order valence-electron chi connectivity index (χ4n) is 7.34. The van der Waals surface area contributed by atoms with Crippen LogP contribution >= 0.6 is 0 Å². The van der Waals surface area contributed by atoms with Gasteiger partial charge in [-0.15, -0.1) is 0 Å². The molecule has 0 unspecified atom stereocenters. The van der Waals surface area contributed by atoms with Gasteiger partial charge >= 0.3 is 0 Å². The lowest BCUT2D eigenvalue weighted by Crippen LogP contribution is -2.68. The second kappa shape index (κ2) is 9.70. The van der Waals surface area contributed by atoms with Crippen LogP contribution in [0.25, 0.3) is 77.1 Å². The number of aromatic nitrogens is 2. The smallest absolute Gasteiger partial charge is 0.0622 e. The summed E-state index contributed by atoms with van der Waals surface area (Å²) in [7, 11) is 0. The molecule has 3 heterocycles. The number of fused-ring (bicyclic) bond motifs is 14. The minimum atomic E-state index is 1.16. The van der Waals surface area contributed by atoms with Crippen LogP contribution in [0.1, 0.15) is 16.7 Å². The van der Waals surface area contributed by atoms with Crippen LogP contribution in [0.4, 0.5) is 0 Å². The van der Waals surface area contributed by atoms with Crippen LogP contribution in [-0.2, 0) is 0 Å². The predicted octanol–water partition coefficient (Wildman–Crippen LogP) is 9.94. The van der Waals surface area contributed by atoms with E-state index in [1.165, 1.54) is 82.4 Å². The van der Waals surface area contributed by atoms with E-state index < -0.39 is 0 Å². The minimum absolute atomic E-state index is 1.16. The van der Waals surface area contributed by atoms with Gasteiger partial charge in [-0.1, -0.05) is 95.6 Å². The third-order valence-corrected chi connectivity index (χ3v) is 9.51. The van der Waals surface area contributed by atoms with Gasteiger partial charge in [0, 0.05) is 24.3 Å². The Hall–Kier alpha value is -5.60. The van der Waals surface area contributed by atoms with Gasteiger partial charge < -0.3 is 0 Å². The predicted molar refractivity (Wildman–Crippen MR) is 186 cm³/mol. The van der Waals surface area contributed by atoms with Gasteiger partial charge in [0.2, 0.25) is 12.4 Å². The van der Waals surface area contributed by atoms with E-state index in [2.05, 4.69) is 170 Å². The fourth-order valence-corrected chi connectivity index (χ4v) is 7.34. The number of hydrogen-bond donors (Lipinski definition) is 0. The minimum Gasteiger partial charge on any atom is -0.0622 e. The Balaban J connectivity index is 1.46. The number of aryl methyl sites for hydroxylation is 3. The first kappa shape index (κ1) is 25.9. The van der Waals surface area contributed by atoms with Crippen molar-refractivity contribution in [3.8, 4) is 44.8 Å². The van der Waals surface area contributed by atoms with E-state index in [1.807, 2.05) is 0 Å². The van der Waals surface area contributed by atoms with Gasteiger partial charge in [-0.2, -0.15) is 0 Å². The lowest BCUT2D eigenvalue weighted by Gasteiger charge is -2.18. The summed E-state index contributed by atoms with van der Waals surface area (Å²) in [6.45, 7) is 6.58. The first-order valence-electron chi connectivity index (χ1n) is 15.7. The maximum absolute atomic E-state index is 2.46. The molecular formula is C43H32N2+2. The Morgan fingerprint density at radius 1 is 0.333 bits per heavy atom. The summed E-state index contributed by atoms with van der Waals surface area (Å²) >= 11 is 0. The fraction of sp³-hybridized carbons (Fsp3) is 0.0698. The summed E-state index contributed by atoms with van der Waals surface area (Å²) in [5.74, 6) is 0. The van der Waals surface area contributed by atoms with Crippen molar-refractivity contribution in [2.45, 2.75) is 20.8 Å². The summed E-state index contributed by atoms with van der Waals surface area (Å²) in [5.41, 5.74) is 13.5. The normalized spacial score (nSPS) is 11.9. The molecule has 1 aliphatic heterocycles. The SMILES string of the molecule is Cc1ccc2c(c1)-c1cc(-c3ccccc3)cc[n+]1-[n+]1ccccc1-c1cc3c4cc(C)ccc4c4cc(C)ccc4c3cc1-2. The van der Waals surface area contributed by atoms with Crippen LogP contribution in [0.2, 0.25) is 0 Å². The molecule has 0 radical (unpaired) electrons. The molecule has 0 spiro atoms. The molecule has 0 aliphatic carbocycles. The molecule has 0 amide bonds. The van der Waals surface area contributed by atoms with Crippen molar-refractivity contribution in [2.24, 2.45) is 0 Å². The van der Waals surface area contributed by atoms with Crippen molar-refractivity contribution in [1.82, 2.24) is 0 Å². The van der Waals surface area contributed by atoms with Crippen molar-refractivity contribution in [1.29, 1.82) is 0 Å². The molecule has 212 valence electrons. The molecule has 2 aromatic heterocycles. The highest BCUT2D eigenvalue weighted by Gasteiger charge is 2.34. The van der Waals surface area contributed by atoms with Crippen molar-refractivity contribution < 1.29 is 9.35 Å². The van der Waals surface area contributed by atoms with E-state index in [-0.39, 0.29) is 0 Å². The van der Waals surface area contributed by atoms with E-state index >= 15 is 0 Å². The van der Waals surface area contributed by atoms with Crippen LogP contribution in [0, 0.1) is 20.8 Å². The van der Waals surface area contributed by atoms with E-state index in [1.54, 1.807) is 0 Å². The highest BCUT2D eigenvalue weighted by atomic mass is 15.4. The van der Waals surface area contributed by atoms with Gasteiger partial charge in [-0.25, -0.2) is 0 Å². The van der Waals surface area contributed by atoms with E-state index in [0.717, 1.165) is 11.4 Å². The quantitative estimate of drug-likeness (QED) is 0.136. The Morgan fingerprint density at radius 3 is 1.69 bits per heavy atom. The average molecular weight is 577 g/mol. The van der Waals surface area contributed by atoms with Gasteiger partial charge in [-0.3, -0.25) is 0 Å². The van der Waals surface area contributed by atoms with Gasteiger partial charge in [0.1, 0.15) is 0 Å². The largest absolute Gasteiger partial charge is 0.285 e.